The standard InChI is InChI=1S/C24H31N7O/c1-30-9-11-31(12-10-30)20-7-8-21(25-15-20)28-24-26-14-18-13-19(16-32)27-22(23(18)29-24)17-5-3-2-4-6-17/h7-8,13-15,17,32H,2-6,9-12,16H2,1H3,(H,25,26,28,29). The smallest absolute Gasteiger partial charge is 0.228 e. The summed E-state index contributed by atoms with van der Waals surface area (Å²) in [6, 6.07) is 5.97. The van der Waals surface area contributed by atoms with Crippen LogP contribution < -0.4 is 10.2 Å². The van der Waals surface area contributed by atoms with Crippen LogP contribution in [0.15, 0.2) is 30.6 Å². The first kappa shape index (κ1) is 21.0. The largest absolute Gasteiger partial charge is 0.390 e. The van der Waals surface area contributed by atoms with Gasteiger partial charge in [-0.1, -0.05) is 19.3 Å². The van der Waals surface area contributed by atoms with Crippen molar-refractivity contribution in [2.75, 3.05) is 43.4 Å². The van der Waals surface area contributed by atoms with Crippen LogP contribution in [0.5, 0.6) is 0 Å². The number of nitrogens with one attached hydrogen (secondary N) is 1. The van der Waals surface area contributed by atoms with Crippen molar-refractivity contribution in [3.05, 3.63) is 42.0 Å². The zero-order valence-corrected chi connectivity index (χ0v) is 18.7. The summed E-state index contributed by atoms with van der Waals surface area (Å²) < 4.78 is 0. The number of pyridine rings is 2. The Labute approximate surface area is 188 Å². The molecule has 3 aromatic heterocycles. The number of hydrogen-bond acceptors (Lipinski definition) is 8. The van der Waals surface area contributed by atoms with Gasteiger partial charge in [0.15, 0.2) is 0 Å². The van der Waals surface area contributed by atoms with Gasteiger partial charge in [-0.15, -0.1) is 0 Å². The van der Waals surface area contributed by atoms with Crippen LogP contribution >= 0.6 is 0 Å². The summed E-state index contributed by atoms with van der Waals surface area (Å²) in [5.41, 5.74) is 3.70. The molecule has 2 fully saturated rings. The van der Waals surface area contributed by atoms with E-state index < -0.39 is 0 Å². The van der Waals surface area contributed by atoms with Crippen molar-refractivity contribution < 1.29 is 5.11 Å². The summed E-state index contributed by atoms with van der Waals surface area (Å²) in [6.45, 7) is 4.11. The number of aliphatic hydroxyl groups excluding tert-OH is 1. The second-order valence-electron chi connectivity index (χ2n) is 8.94. The minimum Gasteiger partial charge on any atom is -0.390 e. The molecule has 168 valence electrons. The molecule has 32 heavy (non-hydrogen) atoms. The molecule has 1 aliphatic heterocycles. The van der Waals surface area contributed by atoms with Crippen molar-refractivity contribution in [3.8, 4) is 0 Å². The van der Waals surface area contributed by atoms with Gasteiger partial charge in [0.1, 0.15) is 5.82 Å². The lowest BCUT2D eigenvalue weighted by atomic mass is 9.86. The third-order valence-corrected chi connectivity index (χ3v) is 6.66. The number of hydrogen-bond donors (Lipinski definition) is 2. The molecule has 0 aromatic carbocycles. The van der Waals surface area contributed by atoms with E-state index in [2.05, 4.69) is 38.2 Å². The molecule has 8 heteroatoms. The highest BCUT2D eigenvalue weighted by Gasteiger charge is 2.21. The van der Waals surface area contributed by atoms with E-state index in [-0.39, 0.29) is 6.61 Å². The fourth-order valence-electron chi connectivity index (χ4n) is 4.75. The van der Waals surface area contributed by atoms with Gasteiger partial charge >= 0.3 is 0 Å². The first-order chi connectivity index (χ1) is 15.7. The Hall–Kier alpha value is -2.84. The fraction of sp³-hybridized carbons (Fsp3) is 0.500. The van der Waals surface area contributed by atoms with Gasteiger partial charge < -0.3 is 20.2 Å². The Morgan fingerprint density at radius 2 is 1.81 bits per heavy atom. The molecule has 0 spiro atoms. The van der Waals surface area contributed by atoms with E-state index in [1.807, 2.05) is 24.5 Å². The van der Waals surface area contributed by atoms with E-state index in [1.165, 1.54) is 19.3 Å². The van der Waals surface area contributed by atoms with Gasteiger partial charge in [0.05, 0.1) is 35.4 Å². The van der Waals surface area contributed by atoms with Crippen LogP contribution in [0.4, 0.5) is 17.5 Å². The lowest BCUT2D eigenvalue weighted by molar-refractivity contribution is 0.276. The van der Waals surface area contributed by atoms with Gasteiger partial charge in [-0.05, 0) is 38.1 Å². The van der Waals surface area contributed by atoms with E-state index in [1.54, 1.807) is 0 Å². The molecule has 0 atom stereocenters. The Bertz CT molecular complexity index is 1060. The highest BCUT2D eigenvalue weighted by atomic mass is 16.3. The number of aromatic nitrogens is 4. The molecule has 0 bridgehead atoms. The molecule has 5 rings (SSSR count). The maximum atomic E-state index is 9.67. The van der Waals surface area contributed by atoms with Crippen molar-refractivity contribution in [1.82, 2.24) is 24.8 Å². The second kappa shape index (κ2) is 9.34. The SMILES string of the molecule is CN1CCN(c2ccc(Nc3ncc4cc(CO)nc(C5CCCCC5)c4n3)nc2)CC1. The predicted molar refractivity (Wildman–Crippen MR) is 126 cm³/mol. The number of likely N-dealkylation sites (N-methyl/N-ethyl adjacent to an activating group) is 1. The van der Waals surface area contributed by atoms with E-state index in [9.17, 15) is 5.11 Å². The summed E-state index contributed by atoms with van der Waals surface area (Å²) in [4.78, 5) is 23.4. The van der Waals surface area contributed by atoms with E-state index in [4.69, 9.17) is 9.97 Å². The quantitative estimate of drug-likeness (QED) is 0.632. The molecule has 1 saturated heterocycles. The molecule has 0 radical (unpaired) electrons. The van der Waals surface area contributed by atoms with Crippen molar-refractivity contribution in [3.63, 3.8) is 0 Å². The zero-order valence-electron chi connectivity index (χ0n) is 18.7. The fourth-order valence-corrected chi connectivity index (χ4v) is 4.75. The van der Waals surface area contributed by atoms with Crippen molar-refractivity contribution >= 4 is 28.4 Å². The topological polar surface area (TPSA) is 90.3 Å². The van der Waals surface area contributed by atoms with Crippen LogP contribution in [-0.2, 0) is 6.61 Å². The molecule has 1 aliphatic carbocycles. The number of piperazine rings is 1. The molecule has 3 aromatic rings. The first-order valence-corrected chi connectivity index (χ1v) is 11.6. The number of fused-ring (bicyclic) bond motifs is 1. The van der Waals surface area contributed by atoms with Gasteiger partial charge in [0.25, 0.3) is 0 Å². The maximum Gasteiger partial charge on any atom is 0.228 e. The summed E-state index contributed by atoms with van der Waals surface area (Å²) in [5, 5.41) is 13.8. The Morgan fingerprint density at radius 3 is 2.53 bits per heavy atom. The maximum absolute atomic E-state index is 9.67. The van der Waals surface area contributed by atoms with Crippen molar-refractivity contribution in [2.45, 2.75) is 44.6 Å². The minimum atomic E-state index is -0.0702. The Kier molecular flexibility index (Phi) is 6.14. The molecule has 2 N–H and O–H groups in total. The van der Waals surface area contributed by atoms with Crippen LogP contribution in [0.25, 0.3) is 10.9 Å². The summed E-state index contributed by atoms with van der Waals surface area (Å²) in [6.07, 6.45) is 9.70. The molecule has 8 nitrogen and oxygen atoms in total. The summed E-state index contributed by atoms with van der Waals surface area (Å²) in [7, 11) is 2.16. The van der Waals surface area contributed by atoms with Crippen LogP contribution in [0, 0.1) is 0 Å². The Morgan fingerprint density at radius 1 is 1.00 bits per heavy atom. The highest BCUT2D eigenvalue weighted by molar-refractivity contribution is 5.82. The number of rotatable bonds is 5. The highest BCUT2D eigenvalue weighted by Crippen LogP contribution is 2.35. The van der Waals surface area contributed by atoms with Crippen molar-refractivity contribution in [2.24, 2.45) is 0 Å². The monoisotopic (exact) mass is 433 g/mol. The molecule has 1 saturated carbocycles. The first-order valence-electron chi connectivity index (χ1n) is 11.6. The van der Waals surface area contributed by atoms with Gasteiger partial charge in [-0.25, -0.2) is 15.0 Å². The minimum absolute atomic E-state index is 0.0702. The third kappa shape index (κ3) is 4.52. The van der Waals surface area contributed by atoms with Gasteiger partial charge in [-0.2, -0.15) is 0 Å². The molecule has 0 unspecified atom stereocenters. The summed E-state index contributed by atoms with van der Waals surface area (Å²) in [5.74, 6) is 1.64. The summed E-state index contributed by atoms with van der Waals surface area (Å²) >= 11 is 0. The zero-order chi connectivity index (χ0) is 21.9. The van der Waals surface area contributed by atoms with Gasteiger partial charge in [-0.3, -0.25) is 4.98 Å². The second-order valence-corrected chi connectivity index (χ2v) is 8.94. The number of aliphatic hydroxyl groups is 1. The number of anilines is 3. The van der Waals surface area contributed by atoms with Gasteiger partial charge in [0, 0.05) is 43.7 Å². The van der Waals surface area contributed by atoms with Crippen LogP contribution in [-0.4, -0.2) is 63.2 Å². The average Bonchev–Trinajstić information content (AvgIpc) is 2.85. The normalized spacial score (nSPS) is 18.2. The predicted octanol–water partition coefficient (Wildman–Crippen LogP) is 3.46. The van der Waals surface area contributed by atoms with Crippen LogP contribution in [0.3, 0.4) is 0 Å². The molecule has 2 aliphatic rings. The third-order valence-electron chi connectivity index (χ3n) is 6.66. The van der Waals surface area contributed by atoms with Crippen LogP contribution in [0.2, 0.25) is 0 Å². The van der Waals surface area contributed by atoms with Crippen molar-refractivity contribution in [1.29, 1.82) is 0 Å². The van der Waals surface area contributed by atoms with E-state index >= 15 is 0 Å². The molecule has 4 heterocycles. The van der Waals surface area contributed by atoms with E-state index in [0.717, 1.165) is 67.1 Å². The molecular formula is C24H31N7O. The van der Waals surface area contributed by atoms with E-state index in [0.29, 0.717) is 17.6 Å². The lowest BCUT2D eigenvalue weighted by Crippen LogP contribution is -2.44. The number of nitrogens with zero attached hydrogens (tertiary/aromatic N) is 6. The Balaban J connectivity index is 1.38. The lowest BCUT2D eigenvalue weighted by Gasteiger charge is -2.33. The molecule has 0 amide bonds. The van der Waals surface area contributed by atoms with Crippen LogP contribution in [0.1, 0.15) is 49.4 Å². The molecular weight excluding hydrogens is 402 g/mol. The average molecular weight is 434 g/mol. The van der Waals surface area contributed by atoms with Gasteiger partial charge in [0.2, 0.25) is 5.95 Å².